The summed E-state index contributed by atoms with van der Waals surface area (Å²) in [5.41, 5.74) is -0.0215. The number of hydrogen-bond acceptors (Lipinski definition) is 6. The molecule has 6 nitrogen and oxygen atoms in total. The fourth-order valence-electron chi connectivity index (χ4n) is 2.27. The summed E-state index contributed by atoms with van der Waals surface area (Å²) < 4.78 is 11.1. The number of benzene rings is 1. The van der Waals surface area contributed by atoms with Gasteiger partial charge in [-0.15, -0.1) is 0 Å². The van der Waals surface area contributed by atoms with Crippen molar-refractivity contribution in [3.63, 3.8) is 0 Å². The summed E-state index contributed by atoms with van der Waals surface area (Å²) >= 11 is 0. The summed E-state index contributed by atoms with van der Waals surface area (Å²) in [6, 6.07) is 11.4. The van der Waals surface area contributed by atoms with E-state index in [-0.39, 0.29) is 12.6 Å². The molecule has 0 bridgehead atoms. The number of aryl methyl sites for hydroxylation is 1. The molecular weight excluding hydrogens is 393 g/mol. The van der Waals surface area contributed by atoms with Crippen LogP contribution in [0.25, 0.3) is 0 Å². The fourth-order valence-corrected chi connectivity index (χ4v) is 2.27. The van der Waals surface area contributed by atoms with E-state index in [1.165, 1.54) is 0 Å². The van der Waals surface area contributed by atoms with Gasteiger partial charge in [-0.1, -0.05) is 41.4 Å². The van der Waals surface area contributed by atoms with Crippen molar-refractivity contribution in [2.24, 2.45) is 5.41 Å². The number of ether oxygens (including phenoxy) is 2. The lowest BCUT2D eigenvalue weighted by molar-refractivity contribution is -0.152. The molecule has 1 aromatic heterocycles. The minimum Gasteiger partial charge on any atom is -0.476 e. The smallest absolute Gasteiger partial charge is 0.315 e. The molecule has 2 radical (unpaired) electrons. The van der Waals surface area contributed by atoms with Crippen LogP contribution in [0.15, 0.2) is 42.6 Å². The maximum absolute atomic E-state index is 12.3. The molecule has 7 heteroatoms. The van der Waals surface area contributed by atoms with Crippen molar-refractivity contribution in [1.82, 2.24) is 4.98 Å². The van der Waals surface area contributed by atoms with Crippen molar-refractivity contribution in [2.75, 3.05) is 6.61 Å². The van der Waals surface area contributed by atoms with Crippen LogP contribution in [-0.4, -0.2) is 46.8 Å². The maximum atomic E-state index is 12.3. The van der Waals surface area contributed by atoms with E-state index >= 15 is 0 Å². The normalized spacial score (nSPS) is 14.8. The number of esters is 1. The van der Waals surface area contributed by atoms with Crippen molar-refractivity contribution in [3.8, 4) is 5.88 Å². The Morgan fingerprint density at radius 1 is 1.13 bits per heavy atom. The summed E-state index contributed by atoms with van der Waals surface area (Å²) in [5, 5.41) is 18.2. The lowest BCUT2D eigenvalue weighted by Crippen LogP contribution is -2.44. The highest BCUT2D eigenvalue weighted by atomic mass is 16.5. The third-order valence-corrected chi connectivity index (χ3v) is 5.62. The minimum absolute atomic E-state index is 0.200. The van der Waals surface area contributed by atoms with E-state index in [9.17, 15) is 4.79 Å². The van der Waals surface area contributed by atoms with E-state index in [1.54, 1.807) is 40.0 Å². The molecule has 1 aliphatic carbocycles. The van der Waals surface area contributed by atoms with Crippen LogP contribution < -0.4 is 10.2 Å². The first-order valence-corrected chi connectivity index (χ1v) is 10.3. The van der Waals surface area contributed by atoms with Crippen LogP contribution in [-0.2, 0) is 16.1 Å². The number of pyridine rings is 1. The Labute approximate surface area is 186 Å². The first-order chi connectivity index (χ1) is 14.3. The molecule has 2 N–H and O–H groups in total. The van der Waals surface area contributed by atoms with Crippen molar-refractivity contribution in [3.05, 3.63) is 53.7 Å². The van der Waals surface area contributed by atoms with Crippen molar-refractivity contribution in [2.45, 2.75) is 65.3 Å². The number of aromatic nitrogens is 1. The van der Waals surface area contributed by atoms with Crippen molar-refractivity contribution < 1.29 is 24.5 Å². The van der Waals surface area contributed by atoms with Gasteiger partial charge in [-0.25, -0.2) is 4.98 Å². The van der Waals surface area contributed by atoms with Crippen LogP contribution >= 0.6 is 0 Å². The highest BCUT2D eigenvalue weighted by Crippen LogP contribution is 2.47. The summed E-state index contributed by atoms with van der Waals surface area (Å²) in [6.45, 7) is 8.78. The molecule has 0 spiro atoms. The average molecular weight is 425 g/mol. The van der Waals surface area contributed by atoms with Crippen LogP contribution in [0.5, 0.6) is 5.88 Å². The molecule has 1 heterocycles. The third-order valence-electron chi connectivity index (χ3n) is 5.62. The molecule has 31 heavy (non-hydrogen) atoms. The van der Waals surface area contributed by atoms with Crippen LogP contribution in [0.2, 0.25) is 0 Å². The molecule has 3 rings (SSSR count). The molecule has 0 unspecified atom stereocenters. The van der Waals surface area contributed by atoms with Gasteiger partial charge in [-0.05, 0) is 53.0 Å². The monoisotopic (exact) mass is 425 g/mol. The van der Waals surface area contributed by atoms with Gasteiger partial charge < -0.3 is 19.7 Å². The Morgan fingerprint density at radius 3 is 2.19 bits per heavy atom. The second-order valence-corrected chi connectivity index (χ2v) is 9.13. The van der Waals surface area contributed by atoms with Gasteiger partial charge in [0, 0.05) is 12.3 Å². The highest BCUT2D eigenvalue weighted by Gasteiger charge is 2.52. The summed E-state index contributed by atoms with van der Waals surface area (Å²) in [5.74, 6) is 0.285. The Morgan fingerprint density at radius 2 is 1.71 bits per heavy atom. The number of carbonyl (C=O) groups is 1. The quantitative estimate of drug-likeness (QED) is 0.524. The van der Waals surface area contributed by atoms with E-state index in [1.807, 2.05) is 37.3 Å². The number of aliphatic hydroxyl groups is 2. The van der Waals surface area contributed by atoms with Crippen molar-refractivity contribution >= 4 is 19.3 Å². The Kier molecular flexibility index (Phi) is 7.90. The van der Waals surface area contributed by atoms with Gasteiger partial charge in [0.15, 0.2) is 0 Å². The molecule has 1 fully saturated rings. The zero-order valence-electron chi connectivity index (χ0n) is 19.0. The Hall–Kier alpha value is -2.38. The Balaban J connectivity index is 0.000000366. The lowest BCUT2D eigenvalue weighted by Gasteiger charge is -2.31. The van der Waals surface area contributed by atoms with Gasteiger partial charge in [0.2, 0.25) is 5.88 Å². The van der Waals surface area contributed by atoms with Crippen LogP contribution in [0, 0.1) is 12.3 Å². The number of hydrogen-bond donors (Lipinski definition) is 2. The predicted octanol–water partition coefficient (Wildman–Crippen LogP) is 2.61. The van der Waals surface area contributed by atoms with Gasteiger partial charge >= 0.3 is 5.97 Å². The Bertz CT molecular complexity index is 856. The number of nitrogens with zero attached hydrogens (tertiary/aromatic N) is 1. The minimum atomic E-state index is -1.01. The predicted molar refractivity (Wildman–Crippen MR) is 120 cm³/mol. The number of rotatable bonds is 7. The molecule has 2 aromatic rings. The standard InChI is InChI=1S/C18H18BNO3.C6H14O2/c1-13-9-16(20-10-15(13)19)23-12-18(7-8-18)17(21)22-11-14-5-3-2-4-6-14;1-5(2,7)6(3,4)8/h2-6,9-10H,7-8,11-12H2,1H3;7-8H,1-4H3. The maximum Gasteiger partial charge on any atom is 0.315 e. The topological polar surface area (TPSA) is 88.9 Å². The van der Waals surface area contributed by atoms with E-state index < -0.39 is 16.6 Å². The number of carbonyl (C=O) groups excluding carboxylic acids is 1. The molecule has 1 aliphatic rings. The van der Waals surface area contributed by atoms with Gasteiger partial charge in [-0.2, -0.15) is 0 Å². The largest absolute Gasteiger partial charge is 0.476 e. The average Bonchev–Trinajstić information content (AvgIpc) is 3.48. The highest BCUT2D eigenvalue weighted by molar-refractivity contribution is 6.33. The van der Waals surface area contributed by atoms with Gasteiger partial charge in [0.05, 0.1) is 11.2 Å². The first kappa shape index (κ1) is 24.9. The lowest BCUT2D eigenvalue weighted by atomic mass is 9.90. The fraction of sp³-hybridized carbons (Fsp3) is 0.500. The second-order valence-electron chi connectivity index (χ2n) is 9.13. The molecule has 166 valence electrons. The van der Waals surface area contributed by atoms with E-state index in [0.29, 0.717) is 17.9 Å². The van der Waals surface area contributed by atoms with Crippen molar-refractivity contribution in [1.29, 1.82) is 0 Å². The molecule has 0 amide bonds. The van der Waals surface area contributed by atoms with Gasteiger partial charge in [0.1, 0.15) is 26.5 Å². The van der Waals surface area contributed by atoms with Crippen LogP contribution in [0.4, 0.5) is 0 Å². The van der Waals surface area contributed by atoms with E-state index in [4.69, 9.17) is 27.5 Å². The van der Waals surface area contributed by atoms with Gasteiger partial charge in [-0.3, -0.25) is 4.79 Å². The van der Waals surface area contributed by atoms with Gasteiger partial charge in [0.25, 0.3) is 0 Å². The van der Waals surface area contributed by atoms with E-state index in [2.05, 4.69) is 4.98 Å². The molecular formula is C24H32BNO5. The molecule has 1 saturated carbocycles. The summed E-state index contributed by atoms with van der Waals surface area (Å²) in [4.78, 5) is 16.4. The summed E-state index contributed by atoms with van der Waals surface area (Å²) in [6.07, 6.45) is 3.14. The first-order valence-electron chi connectivity index (χ1n) is 10.3. The van der Waals surface area contributed by atoms with Crippen LogP contribution in [0.1, 0.15) is 51.7 Å². The summed E-state index contributed by atoms with van der Waals surface area (Å²) in [7, 11) is 5.73. The SMILES string of the molecule is CC(C)(O)C(C)(C)O.[B]c1cnc(OCC2(C(=O)OCc3ccccc3)CC2)cc1C. The zero-order chi connectivity index (χ0) is 23.3. The van der Waals surface area contributed by atoms with Crippen LogP contribution in [0.3, 0.4) is 0 Å². The molecule has 0 aliphatic heterocycles. The molecule has 1 aromatic carbocycles. The molecule has 0 saturated heterocycles. The molecule has 0 atom stereocenters. The third kappa shape index (κ3) is 7.37. The zero-order valence-corrected chi connectivity index (χ0v) is 19.0. The van der Waals surface area contributed by atoms with E-state index in [0.717, 1.165) is 24.0 Å². The second kappa shape index (κ2) is 9.83.